The normalized spacial score (nSPS) is 12.1. The lowest BCUT2D eigenvalue weighted by molar-refractivity contribution is -0.0198. The highest BCUT2D eigenvalue weighted by Crippen LogP contribution is 2.30. The van der Waals surface area contributed by atoms with E-state index < -0.39 is 0 Å². The topological polar surface area (TPSA) is 18.5 Å². The van der Waals surface area contributed by atoms with Crippen LogP contribution < -0.4 is 0 Å². The second-order valence-electron chi connectivity index (χ2n) is 5.86. The van der Waals surface area contributed by atoms with Crippen molar-refractivity contribution in [1.29, 1.82) is 0 Å². The van der Waals surface area contributed by atoms with E-state index in [1.165, 1.54) is 5.56 Å². The minimum atomic E-state index is -0.155. The molecule has 0 radical (unpaired) electrons. The van der Waals surface area contributed by atoms with Crippen molar-refractivity contribution < 1.29 is 9.47 Å². The molecule has 0 aliphatic heterocycles. The van der Waals surface area contributed by atoms with Crippen LogP contribution in [0.1, 0.15) is 39.7 Å². The zero-order chi connectivity index (χ0) is 15.0. The second kappa shape index (κ2) is 8.23. The molecular weight excluding hydrogens is 248 g/mol. The summed E-state index contributed by atoms with van der Waals surface area (Å²) in [5.74, 6) is 0. The Bertz CT molecular complexity index is 370. The smallest absolute Gasteiger partial charge is 0.0591 e. The predicted octanol–water partition coefficient (Wildman–Crippen LogP) is 4.35. The Kier molecular flexibility index (Phi) is 6.97. The van der Waals surface area contributed by atoms with Gasteiger partial charge in [0.15, 0.2) is 0 Å². The van der Waals surface area contributed by atoms with Gasteiger partial charge in [0.2, 0.25) is 0 Å². The van der Waals surface area contributed by atoms with Crippen molar-refractivity contribution in [2.45, 2.75) is 51.7 Å². The van der Waals surface area contributed by atoms with E-state index in [-0.39, 0.29) is 17.6 Å². The highest BCUT2D eigenvalue weighted by atomic mass is 16.5. The average Bonchev–Trinajstić information content (AvgIpc) is 2.43. The fraction of sp³-hybridized carbons (Fsp3) is 0.556. The highest BCUT2D eigenvalue weighted by molar-refractivity contribution is 5.27. The molecule has 20 heavy (non-hydrogen) atoms. The van der Waals surface area contributed by atoms with E-state index in [0.29, 0.717) is 13.2 Å². The number of allylic oxidation sites excluding steroid dienone is 1. The van der Waals surface area contributed by atoms with Gasteiger partial charge in [-0.15, -0.1) is 6.58 Å². The molecule has 0 unspecified atom stereocenters. The first-order chi connectivity index (χ1) is 9.50. The zero-order valence-electron chi connectivity index (χ0n) is 13.3. The molecule has 1 aromatic carbocycles. The van der Waals surface area contributed by atoms with E-state index in [1.54, 1.807) is 0 Å². The Morgan fingerprint density at radius 1 is 1.00 bits per heavy atom. The van der Waals surface area contributed by atoms with E-state index in [0.717, 1.165) is 6.42 Å². The van der Waals surface area contributed by atoms with Crippen LogP contribution in [0.2, 0.25) is 0 Å². The fourth-order valence-electron chi connectivity index (χ4n) is 2.16. The SMILES string of the molecule is C=CCC(COC(C)C)(COC(C)C)c1ccccc1. The molecule has 1 rings (SSSR count). The summed E-state index contributed by atoms with van der Waals surface area (Å²) < 4.78 is 11.8. The van der Waals surface area contributed by atoms with Crippen LogP contribution in [-0.2, 0) is 14.9 Å². The average molecular weight is 276 g/mol. The van der Waals surface area contributed by atoms with E-state index in [2.05, 4.69) is 58.5 Å². The van der Waals surface area contributed by atoms with Gasteiger partial charge < -0.3 is 9.47 Å². The van der Waals surface area contributed by atoms with Crippen molar-refractivity contribution in [2.75, 3.05) is 13.2 Å². The van der Waals surface area contributed by atoms with Gasteiger partial charge in [0, 0.05) is 5.41 Å². The Morgan fingerprint density at radius 2 is 1.50 bits per heavy atom. The van der Waals surface area contributed by atoms with Crippen LogP contribution in [-0.4, -0.2) is 25.4 Å². The molecule has 0 saturated carbocycles. The van der Waals surface area contributed by atoms with Crippen LogP contribution in [0.5, 0.6) is 0 Å². The Balaban J connectivity index is 3.01. The first-order valence-corrected chi connectivity index (χ1v) is 7.40. The molecular formula is C18H28O2. The van der Waals surface area contributed by atoms with E-state index >= 15 is 0 Å². The van der Waals surface area contributed by atoms with E-state index in [1.807, 2.05) is 12.1 Å². The lowest BCUT2D eigenvalue weighted by atomic mass is 9.79. The first-order valence-electron chi connectivity index (χ1n) is 7.40. The van der Waals surface area contributed by atoms with Gasteiger partial charge in [0.25, 0.3) is 0 Å². The number of benzene rings is 1. The molecule has 0 aromatic heterocycles. The third-order valence-electron chi connectivity index (χ3n) is 3.31. The lowest BCUT2D eigenvalue weighted by Crippen LogP contribution is -2.38. The van der Waals surface area contributed by atoms with Crippen molar-refractivity contribution in [3.05, 3.63) is 48.6 Å². The molecule has 0 saturated heterocycles. The number of hydrogen-bond donors (Lipinski definition) is 0. The van der Waals surface area contributed by atoms with Crippen LogP contribution >= 0.6 is 0 Å². The van der Waals surface area contributed by atoms with E-state index in [4.69, 9.17) is 9.47 Å². The van der Waals surface area contributed by atoms with Crippen LogP contribution in [0, 0.1) is 0 Å². The fourth-order valence-corrected chi connectivity index (χ4v) is 2.16. The first kappa shape index (κ1) is 16.9. The van der Waals surface area contributed by atoms with Crippen LogP contribution in [0.4, 0.5) is 0 Å². The van der Waals surface area contributed by atoms with Crippen molar-refractivity contribution in [2.24, 2.45) is 0 Å². The molecule has 0 spiro atoms. The molecule has 0 aliphatic rings. The maximum Gasteiger partial charge on any atom is 0.0591 e. The standard InChI is InChI=1S/C18H28O2/c1-6-12-18(13-19-15(2)3,14-20-16(4)5)17-10-8-7-9-11-17/h6-11,15-16H,1,12-14H2,2-5H3. The van der Waals surface area contributed by atoms with E-state index in [9.17, 15) is 0 Å². The predicted molar refractivity (Wildman–Crippen MR) is 85.1 cm³/mol. The number of hydrogen-bond acceptors (Lipinski definition) is 2. The van der Waals surface area contributed by atoms with Gasteiger partial charge in [-0.3, -0.25) is 0 Å². The minimum absolute atomic E-state index is 0.155. The van der Waals surface area contributed by atoms with Gasteiger partial charge in [0.1, 0.15) is 0 Å². The van der Waals surface area contributed by atoms with Crippen molar-refractivity contribution in [1.82, 2.24) is 0 Å². The molecule has 0 fully saturated rings. The van der Waals surface area contributed by atoms with Gasteiger partial charge >= 0.3 is 0 Å². The lowest BCUT2D eigenvalue weighted by Gasteiger charge is -2.34. The quantitative estimate of drug-likeness (QED) is 0.624. The number of ether oxygens (including phenoxy) is 2. The number of rotatable bonds is 9. The molecule has 0 N–H and O–H groups in total. The molecule has 0 heterocycles. The van der Waals surface area contributed by atoms with Crippen LogP contribution in [0.15, 0.2) is 43.0 Å². The van der Waals surface area contributed by atoms with Crippen molar-refractivity contribution >= 4 is 0 Å². The van der Waals surface area contributed by atoms with Gasteiger partial charge in [-0.2, -0.15) is 0 Å². The maximum absolute atomic E-state index is 5.92. The summed E-state index contributed by atoms with van der Waals surface area (Å²) in [5.41, 5.74) is 1.10. The molecule has 2 nitrogen and oxygen atoms in total. The summed E-state index contributed by atoms with van der Waals surface area (Å²) in [6, 6.07) is 10.5. The molecule has 0 bridgehead atoms. The monoisotopic (exact) mass is 276 g/mol. The summed E-state index contributed by atoms with van der Waals surface area (Å²) in [6.07, 6.45) is 3.22. The summed E-state index contributed by atoms with van der Waals surface area (Å²) in [4.78, 5) is 0. The molecule has 1 aromatic rings. The summed E-state index contributed by atoms with van der Waals surface area (Å²) >= 11 is 0. The van der Waals surface area contributed by atoms with Crippen LogP contribution in [0.25, 0.3) is 0 Å². The Hall–Kier alpha value is -1.12. The third-order valence-corrected chi connectivity index (χ3v) is 3.31. The van der Waals surface area contributed by atoms with Gasteiger partial charge in [-0.25, -0.2) is 0 Å². The Morgan fingerprint density at radius 3 is 1.90 bits per heavy atom. The van der Waals surface area contributed by atoms with Crippen molar-refractivity contribution in [3.63, 3.8) is 0 Å². The van der Waals surface area contributed by atoms with Crippen LogP contribution in [0.3, 0.4) is 0 Å². The summed E-state index contributed by atoms with van der Waals surface area (Å²) in [5, 5.41) is 0. The maximum atomic E-state index is 5.92. The second-order valence-corrected chi connectivity index (χ2v) is 5.86. The van der Waals surface area contributed by atoms with Gasteiger partial charge in [-0.1, -0.05) is 36.4 Å². The molecule has 0 atom stereocenters. The minimum Gasteiger partial charge on any atom is -0.378 e. The molecule has 0 amide bonds. The summed E-state index contributed by atoms with van der Waals surface area (Å²) in [6.45, 7) is 13.5. The molecule has 2 heteroatoms. The molecule has 0 aliphatic carbocycles. The molecule has 112 valence electrons. The third kappa shape index (κ3) is 5.10. The highest BCUT2D eigenvalue weighted by Gasteiger charge is 2.32. The van der Waals surface area contributed by atoms with Crippen molar-refractivity contribution in [3.8, 4) is 0 Å². The largest absolute Gasteiger partial charge is 0.378 e. The zero-order valence-corrected chi connectivity index (χ0v) is 13.3. The summed E-state index contributed by atoms with van der Waals surface area (Å²) in [7, 11) is 0. The Labute approximate surface area is 123 Å². The van der Waals surface area contributed by atoms with Gasteiger partial charge in [0.05, 0.1) is 25.4 Å². The van der Waals surface area contributed by atoms with Gasteiger partial charge in [-0.05, 0) is 39.7 Å².